The maximum absolute atomic E-state index is 11.9. The standard InChI is InChI=1S/C21H26N2O4/c1-16-8-10-19(11-9-16)27-15-21(25)22-12-13-23(17(2)24)14-18-6-4-5-7-20(18)26-3/h4-11H,12-15H2,1-3H3,(H,22,25). The van der Waals surface area contributed by atoms with Gasteiger partial charge in [0.1, 0.15) is 11.5 Å². The van der Waals surface area contributed by atoms with Crippen LogP contribution in [0.25, 0.3) is 0 Å². The molecule has 2 aromatic rings. The van der Waals surface area contributed by atoms with E-state index in [1.54, 1.807) is 12.0 Å². The number of rotatable bonds is 9. The van der Waals surface area contributed by atoms with E-state index >= 15 is 0 Å². The van der Waals surface area contributed by atoms with Crippen molar-refractivity contribution >= 4 is 11.8 Å². The molecule has 0 aliphatic heterocycles. The van der Waals surface area contributed by atoms with Crippen LogP contribution >= 0.6 is 0 Å². The average molecular weight is 370 g/mol. The number of nitrogens with zero attached hydrogens (tertiary/aromatic N) is 1. The van der Waals surface area contributed by atoms with Gasteiger partial charge in [-0.2, -0.15) is 0 Å². The topological polar surface area (TPSA) is 67.9 Å². The van der Waals surface area contributed by atoms with E-state index in [4.69, 9.17) is 9.47 Å². The molecule has 0 atom stereocenters. The van der Waals surface area contributed by atoms with E-state index in [2.05, 4.69) is 5.32 Å². The summed E-state index contributed by atoms with van der Waals surface area (Å²) >= 11 is 0. The normalized spacial score (nSPS) is 10.2. The van der Waals surface area contributed by atoms with Crippen molar-refractivity contribution in [3.8, 4) is 11.5 Å². The van der Waals surface area contributed by atoms with Crippen LogP contribution in [0.5, 0.6) is 11.5 Å². The number of nitrogens with one attached hydrogen (secondary N) is 1. The Labute approximate surface area is 160 Å². The van der Waals surface area contributed by atoms with Gasteiger partial charge in [0.2, 0.25) is 5.91 Å². The summed E-state index contributed by atoms with van der Waals surface area (Å²) in [6.07, 6.45) is 0. The lowest BCUT2D eigenvalue weighted by molar-refractivity contribution is -0.130. The minimum atomic E-state index is -0.226. The zero-order valence-corrected chi connectivity index (χ0v) is 16.0. The number of hydrogen-bond acceptors (Lipinski definition) is 4. The van der Waals surface area contributed by atoms with E-state index in [0.717, 1.165) is 16.9 Å². The largest absolute Gasteiger partial charge is 0.496 e. The fourth-order valence-electron chi connectivity index (χ4n) is 2.55. The minimum Gasteiger partial charge on any atom is -0.496 e. The first-order valence-corrected chi connectivity index (χ1v) is 8.83. The molecule has 0 unspecified atom stereocenters. The smallest absolute Gasteiger partial charge is 0.258 e. The van der Waals surface area contributed by atoms with Crippen molar-refractivity contribution < 1.29 is 19.1 Å². The molecule has 0 radical (unpaired) electrons. The highest BCUT2D eigenvalue weighted by Gasteiger charge is 2.13. The Morgan fingerprint density at radius 1 is 1.07 bits per heavy atom. The molecule has 6 nitrogen and oxygen atoms in total. The summed E-state index contributed by atoms with van der Waals surface area (Å²) in [6.45, 7) is 4.62. The fraction of sp³-hybridized carbons (Fsp3) is 0.333. The molecule has 0 heterocycles. The van der Waals surface area contributed by atoms with Crippen molar-refractivity contribution in [1.82, 2.24) is 10.2 Å². The summed E-state index contributed by atoms with van der Waals surface area (Å²) in [5, 5.41) is 2.77. The summed E-state index contributed by atoms with van der Waals surface area (Å²) in [4.78, 5) is 25.5. The zero-order valence-electron chi connectivity index (χ0n) is 16.0. The molecule has 0 spiro atoms. The molecule has 0 fully saturated rings. The van der Waals surface area contributed by atoms with Gasteiger partial charge in [-0.05, 0) is 25.1 Å². The van der Waals surface area contributed by atoms with Gasteiger partial charge in [-0.1, -0.05) is 35.9 Å². The third-order valence-electron chi connectivity index (χ3n) is 4.09. The van der Waals surface area contributed by atoms with E-state index in [1.807, 2.05) is 55.5 Å². The second kappa shape index (κ2) is 10.2. The quantitative estimate of drug-likeness (QED) is 0.737. The maximum atomic E-state index is 11.9. The van der Waals surface area contributed by atoms with Gasteiger partial charge in [0.05, 0.1) is 7.11 Å². The van der Waals surface area contributed by atoms with Gasteiger partial charge in [-0.3, -0.25) is 9.59 Å². The molecule has 0 saturated heterocycles. The van der Waals surface area contributed by atoms with Crippen LogP contribution in [0.3, 0.4) is 0 Å². The van der Waals surface area contributed by atoms with Crippen molar-refractivity contribution in [3.63, 3.8) is 0 Å². The number of hydrogen-bond donors (Lipinski definition) is 1. The molecule has 0 bridgehead atoms. The van der Waals surface area contributed by atoms with E-state index < -0.39 is 0 Å². The van der Waals surface area contributed by atoms with Gasteiger partial charge in [-0.25, -0.2) is 0 Å². The van der Waals surface area contributed by atoms with Gasteiger partial charge >= 0.3 is 0 Å². The number of benzene rings is 2. The Kier molecular flexibility index (Phi) is 7.67. The lowest BCUT2D eigenvalue weighted by Crippen LogP contribution is -2.38. The molecular weight excluding hydrogens is 344 g/mol. The highest BCUT2D eigenvalue weighted by atomic mass is 16.5. The molecule has 2 rings (SSSR count). The minimum absolute atomic E-state index is 0.0599. The summed E-state index contributed by atoms with van der Waals surface area (Å²) in [6, 6.07) is 15.1. The molecule has 144 valence electrons. The molecular formula is C21H26N2O4. The molecule has 2 amide bonds. The maximum Gasteiger partial charge on any atom is 0.258 e. The zero-order chi connectivity index (χ0) is 19.6. The van der Waals surface area contributed by atoms with Crippen LogP contribution in [0.4, 0.5) is 0 Å². The SMILES string of the molecule is COc1ccccc1CN(CCNC(=O)COc1ccc(C)cc1)C(C)=O. The van der Waals surface area contributed by atoms with Crippen LogP contribution in [0.2, 0.25) is 0 Å². The number of para-hydroxylation sites is 1. The van der Waals surface area contributed by atoms with Crippen LogP contribution in [0.15, 0.2) is 48.5 Å². The highest BCUT2D eigenvalue weighted by Crippen LogP contribution is 2.19. The van der Waals surface area contributed by atoms with E-state index in [1.165, 1.54) is 6.92 Å². The lowest BCUT2D eigenvalue weighted by Gasteiger charge is -2.22. The van der Waals surface area contributed by atoms with Crippen molar-refractivity contribution in [2.75, 3.05) is 26.8 Å². The number of aryl methyl sites for hydroxylation is 1. The Balaban J connectivity index is 1.79. The first kappa shape index (κ1) is 20.3. The molecule has 0 aliphatic carbocycles. The first-order chi connectivity index (χ1) is 13.0. The van der Waals surface area contributed by atoms with Gasteiger partial charge in [-0.15, -0.1) is 0 Å². The number of ether oxygens (including phenoxy) is 2. The number of carbonyl (C=O) groups excluding carboxylic acids is 2. The number of methoxy groups -OCH3 is 1. The van der Waals surface area contributed by atoms with Gasteiger partial charge in [0.15, 0.2) is 6.61 Å². The second-order valence-corrected chi connectivity index (χ2v) is 6.20. The summed E-state index contributed by atoms with van der Waals surface area (Å²) in [5.41, 5.74) is 2.05. The molecule has 6 heteroatoms. The van der Waals surface area contributed by atoms with Crippen molar-refractivity contribution in [3.05, 3.63) is 59.7 Å². The molecule has 27 heavy (non-hydrogen) atoms. The molecule has 1 N–H and O–H groups in total. The van der Waals surface area contributed by atoms with Crippen LogP contribution in [0, 0.1) is 6.92 Å². The predicted molar refractivity (Wildman–Crippen MR) is 104 cm³/mol. The van der Waals surface area contributed by atoms with Crippen LogP contribution < -0.4 is 14.8 Å². The summed E-state index contributed by atoms with van der Waals surface area (Å²) in [7, 11) is 1.60. The third-order valence-corrected chi connectivity index (χ3v) is 4.09. The van der Waals surface area contributed by atoms with Crippen LogP contribution in [0.1, 0.15) is 18.1 Å². The highest BCUT2D eigenvalue weighted by molar-refractivity contribution is 5.77. The molecule has 0 aromatic heterocycles. The Morgan fingerprint density at radius 2 is 1.78 bits per heavy atom. The molecule has 0 saturated carbocycles. The van der Waals surface area contributed by atoms with Gasteiger partial charge in [0, 0.05) is 32.1 Å². The Morgan fingerprint density at radius 3 is 2.44 bits per heavy atom. The monoisotopic (exact) mass is 370 g/mol. The number of carbonyl (C=O) groups is 2. The van der Waals surface area contributed by atoms with Gasteiger partial charge < -0.3 is 19.7 Å². The van der Waals surface area contributed by atoms with Crippen molar-refractivity contribution in [2.24, 2.45) is 0 Å². The van der Waals surface area contributed by atoms with Crippen molar-refractivity contribution in [2.45, 2.75) is 20.4 Å². The van der Waals surface area contributed by atoms with Crippen LogP contribution in [-0.2, 0) is 16.1 Å². The molecule has 2 aromatic carbocycles. The van der Waals surface area contributed by atoms with Gasteiger partial charge in [0.25, 0.3) is 5.91 Å². The van der Waals surface area contributed by atoms with Crippen molar-refractivity contribution in [1.29, 1.82) is 0 Å². The molecule has 0 aliphatic rings. The average Bonchev–Trinajstić information content (AvgIpc) is 2.67. The van der Waals surface area contributed by atoms with E-state index in [0.29, 0.717) is 25.4 Å². The Hall–Kier alpha value is -3.02. The summed E-state index contributed by atoms with van der Waals surface area (Å²) < 4.78 is 10.8. The van der Waals surface area contributed by atoms with Crippen LogP contribution in [-0.4, -0.2) is 43.5 Å². The van der Waals surface area contributed by atoms with E-state index in [-0.39, 0.29) is 18.4 Å². The Bertz CT molecular complexity index is 759. The lowest BCUT2D eigenvalue weighted by atomic mass is 10.2. The third kappa shape index (κ3) is 6.66. The summed E-state index contributed by atoms with van der Waals surface area (Å²) in [5.74, 6) is 1.10. The number of amides is 2. The second-order valence-electron chi connectivity index (χ2n) is 6.20. The fourth-order valence-corrected chi connectivity index (χ4v) is 2.55. The predicted octanol–water partition coefficient (Wildman–Crippen LogP) is 2.55. The first-order valence-electron chi connectivity index (χ1n) is 8.83. The van der Waals surface area contributed by atoms with E-state index in [9.17, 15) is 9.59 Å².